The Morgan fingerprint density at radius 1 is 0.363 bits per heavy atom. The highest BCUT2D eigenvalue weighted by Crippen LogP contribution is 2.30. The lowest BCUT2D eigenvalue weighted by atomic mass is 10.1. The maximum Gasteiger partial charge on any atom is 0.258 e. The molecule has 15 N–H and O–H groups in total. The van der Waals surface area contributed by atoms with Crippen LogP contribution in [-0.2, 0) is 4.74 Å². The van der Waals surface area contributed by atoms with Crippen LogP contribution in [0.5, 0.6) is 0 Å². The zero-order chi connectivity index (χ0) is 89.3. The second-order valence-electron chi connectivity index (χ2n) is 26.4. The van der Waals surface area contributed by atoms with Gasteiger partial charge in [0.05, 0.1) is 78.3 Å². The minimum Gasteiger partial charge on any atom is -0.384 e. The van der Waals surface area contributed by atoms with E-state index in [2.05, 4.69) is 131 Å². The summed E-state index contributed by atoms with van der Waals surface area (Å²) >= 11 is 36.7. The lowest BCUT2D eigenvalue weighted by Crippen LogP contribution is -2.40. The summed E-state index contributed by atoms with van der Waals surface area (Å²) in [4.78, 5) is 126. The fourth-order valence-corrected chi connectivity index (χ4v) is 13.0. The van der Waals surface area contributed by atoms with E-state index in [9.17, 15) is 38.4 Å². The van der Waals surface area contributed by atoms with Crippen LogP contribution in [0.25, 0.3) is 0 Å². The van der Waals surface area contributed by atoms with Crippen LogP contribution in [0.4, 0.5) is 46.0 Å². The number of halogens is 8. The van der Waals surface area contributed by atoms with Gasteiger partial charge in [-0.05, 0) is 170 Å². The number of aliphatic imine (C=N–C) groups is 1. The van der Waals surface area contributed by atoms with Crippen molar-refractivity contribution in [2.75, 3.05) is 90.0 Å². The number of nitrogen functional groups attached to an aromatic ring is 1. The predicted octanol–water partition coefficient (Wildman–Crippen LogP) is 18.2. The molecule has 8 aromatic carbocycles. The quantitative estimate of drug-likeness (QED) is 0.0249. The van der Waals surface area contributed by atoms with Gasteiger partial charge < -0.3 is 68.5 Å². The molecule has 0 bridgehead atoms. The zero-order valence-electron chi connectivity index (χ0n) is 65.4. The average Bonchev–Trinajstić information content (AvgIpc) is 0.838. The summed E-state index contributed by atoms with van der Waals surface area (Å²) in [7, 11) is 5.15. The van der Waals surface area contributed by atoms with E-state index < -0.39 is 29.5 Å². The van der Waals surface area contributed by atoms with Gasteiger partial charge >= 0.3 is 0 Å². The van der Waals surface area contributed by atoms with Gasteiger partial charge in [0.1, 0.15) is 46.6 Å². The molecule has 8 amide bonds. The summed E-state index contributed by atoms with van der Waals surface area (Å²) in [5.41, 5.74) is 17.9. The molecule has 5 heterocycles. The molecule has 4 aromatic heterocycles. The number of nitrogens with one attached hydrogen (secondary N) is 11. The van der Waals surface area contributed by atoms with Gasteiger partial charge in [-0.1, -0.05) is 159 Å². The summed E-state index contributed by atoms with van der Waals surface area (Å²) in [6.07, 6.45) is 5.72. The Morgan fingerprint density at radius 3 is 0.871 bits per heavy atom. The number of aromatic nitrogens is 4. The van der Waals surface area contributed by atoms with Gasteiger partial charge in [0, 0.05) is 121 Å². The number of pyridine rings is 4. The van der Waals surface area contributed by atoms with Gasteiger partial charge in [-0.2, -0.15) is 0 Å². The van der Waals surface area contributed by atoms with Crippen molar-refractivity contribution in [1.29, 1.82) is 16.2 Å². The Kier molecular flexibility index (Phi) is 33.7. The van der Waals surface area contributed by atoms with Gasteiger partial charge in [-0.3, -0.25) is 59.6 Å². The van der Waals surface area contributed by atoms with Crippen LogP contribution in [0.3, 0.4) is 0 Å². The molecular formula is C87H72Br4Cl4N20O9. The molecular weight excluding hydrogens is 1930 g/mol. The molecule has 0 unspecified atom stereocenters. The summed E-state index contributed by atoms with van der Waals surface area (Å²) in [5, 5.41) is 47.4. The third-order valence-electron chi connectivity index (χ3n) is 17.5. The van der Waals surface area contributed by atoms with Crippen molar-refractivity contribution in [3.05, 3.63) is 348 Å². The van der Waals surface area contributed by atoms with Crippen molar-refractivity contribution >= 4 is 227 Å². The van der Waals surface area contributed by atoms with Crippen LogP contribution in [0.15, 0.2) is 266 Å². The third-order valence-corrected chi connectivity index (χ3v) is 20.4. The van der Waals surface area contributed by atoms with Crippen LogP contribution in [0.2, 0.25) is 20.1 Å². The highest BCUT2D eigenvalue weighted by atomic mass is 79.9. The molecule has 0 radical (unpaired) electrons. The SMILES string of the molecule is CN(C)C(=N)c1ccc(C(=O)Nc2ccc(Br)cc2C(=O)Nc2ccc(Cl)cn2)cc1.CN=C(N)c1ccc(C(=O)Nc2ccc(Br)cc2C(=O)Nc2ccc(Cl)cn2)cc1.N=C(N)c1ccc(C(=O)Nc2ccc(Br)cc2C(=O)Nc2ccc(Cl)cn2)cc1.N=C(c1ccc(C(=O)Nc2ccc(Br)cc2C(=O)Nc2ccc(Cl)cn2)cc1)N1CCOCC1. The van der Waals surface area contributed by atoms with Crippen molar-refractivity contribution in [1.82, 2.24) is 29.7 Å². The van der Waals surface area contributed by atoms with Gasteiger partial charge in [-0.25, -0.2) is 19.9 Å². The van der Waals surface area contributed by atoms with E-state index in [-0.39, 0.29) is 45.8 Å². The number of hydrogen-bond acceptors (Lipinski definition) is 17. The van der Waals surface area contributed by atoms with Gasteiger partial charge in [0.25, 0.3) is 47.3 Å². The molecule has 630 valence electrons. The van der Waals surface area contributed by atoms with E-state index in [1.807, 2.05) is 4.90 Å². The van der Waals surface area contributed by atoms with Gasteiger partial charge in [0.2, 0.25) is 0 Å². The number of carbonyl (C=O) groups excluding carboxylic acids is 8. The molecule has 1 aliphatic heterocycles. The van der Waals surface area contributed by atoms with Crippen molar-refractivity contribution in [3.63, 3.8) is 0 Å². The number of amides is 8. The standard InChI is InChI=1S/C24H21BrClN5O3.C22H19BrClN5O2.C21H17BrClN5O2.C20H15BrClN5O2/c25-17-5-7-20(19(13-17)24(33)30-21-8-6-18(26)14-28-21)29-23(32)16-3-1-15(2-4-16)22(27)31-9-11-34-12-10-31;1-29(2)20(25)13-3-5-14(6-4-13)21(30)27-18-9-7-15(23)11-17(18)22(31)28-19-10-8-16(24)12-26-19;1-25-19(24)12-2-4-13(5-3-12)20(29)27-17-8-6-14(22)10-16(17)21(30)28-18-9-7-15(23)11-26-18;21-13-5-7-16(26-19(28)12-3-1-11(2-4-12)18(23)24)15(9-13)20(29)27-17-8-6-14(22)10-25-17/h1-8,13-14,27H,9-12H2,(H,29,32)(H,28,30,33);3-12,25H,1-2H3,(H,27,30)(H,26,28,31);2-11H,1H3,(H2,24,25)(H,27,29)(H,26,28,30);1-10H,(H3,23,24)(H,26,28)(H,25,27,29). The van der Waals surface area contributed by atoms with Crippen LogP contribution < -0.4 is 54.0 Å². The first kappa shape index (κ1) is 93.3. The second-order valence-corrected chi connectivity index (χ2v) is 31.8. The maximum absolute atomic E-state index is 12.9. The maximum atomic E-state index is 12.9. The monoisotopic (exact) mass is 2000 g/mol. The summed E-state index contributed by atoms with van der Waals surface area (Å²) < 4.78 is 8.07. The zero-order valence-corrected chi connectivity index (χ0v) is 74.8. The summed E-state index contributed by atoms with van der Waals surface area (Å²) in [5.74, 6) is -0.852. The van der Waals surface area contributed by atoms with E-state index in [0.717, 1.165) is 5.56 Å². The largest absolute Gasteiger partial charge is 0.384 e. The van der Waals surface area contributed by atoms with Gasteiger partial charge in [-0.15, -0.1) is 0 Å². The fraction of sp³-hybridized carbons (Fsp3) is 0.0805. The minimum atomic E-state index is -0.441. The molecule has 1 saturated heterocycles. The number of hydrogen-bond donors (Lipinski definition) is 13. The number of anilines is 8. The molecule has 0 atom stereocenters. The number of benzene rings is 8. The Hall–Kier alpha value is -13.0. The average molecular weight is 2000 g/mol. The lowest BCUT2D eigenvalue weighted by molar-refractivity contribution is 0.0680. The molecule has 37 heteroatoms. The Bertz CT molecular complexity index is 6010. The van der Waals surface area contributed by atoms with Crippen LogP contribution >= 0.6 is 110 Å². The first-order valence-electron chi connectivity index (χ1n) is 36.7. The molecule has 13 rings (SSSR count). The van der Waals surface area contributed by atoms with E-state index in [1.165, 1.54) is 24.8 Å². The first-order chi connectivity index (χ1) is 59.3. The van der Waals surface area contributed by atoms with Gasteiger partial charge in [0.15, 0.2) is 0 Å². The second kappa shape index (κ2) is 44.7. The van der Waals surface area contributed by atoms with E-state index >= 15 is 0 Å². The molecule has 12 aromatic rings. The molecule has 0 aliphatic carbocycles. The number of ether oxygens (including phenoxy) is 1. The number of carbonyl (C=O) groups is 8. The van der Waals surface area contributed by atoms with Crippen molar-refractivity contribution in [2.24, 2.45) is 16.5 Å². The Balaban J connectivity index is 0.000000173. The third kappa shape index (κ3) is 27.0. The van der Waals surface area contributed by atoms with E-state index in [4.69, 9.17) is 78.8 Å². The number of rotatable bonds is 20. The predicted molar refractivity (Wildman–Crippen MR) is 500 cm³/mol. The van der Waals surface area contributed by atoms with Crippen molar-refractivity contribution in [2.45, 2.75) is 0 Å². The summed E-state index contributed by atoms with van der Waals surface area (Å²) in [6, 6.07) is 59.2. The number of morpholine rings is 1. The minimum absolute atomic E-state index is 0.0837. The number of nitrogens with zero attached hydrogens (tertiary/aromatic N) is 7. The first-order valence-corrected chi connectivity index (χ1v) is 41.3. The van der Waals surface area contributed by atoms with Crippen molar-refractivity contribution < 1.29 is 43.1 Å². The molecule has 1 aliphatic rings. The Morgan fingerprint density at radius 2 is 0.621 bits per heavy atom. The molecule has 0 saturated carbocycles. The highest BCUT2D eigenvalue weighted by Gasteiger charge is 2.23. The lowest BCUT2D eigenvalue weighted by Gasteiger charge is -2.29. The van der Waals surface area contributed by atoms with Crippen LogP contribution in [0.1, 0.15) is 105 Å². The van der Waals surface area contributed by atoms with Crippen molar-refractivity contribution in [3.8, 4) is 0 Å². The Labute approximate surface area is 764 Å². The molecule has 1 fully saturated rings. The summed E-state index contributed by atoms with van der Waals surface area (Å²) in [6.45, 7) is 2.53. The number of amidine groups is 4. The van der Waals surface area contributed by atoms with Crippen LogP contribution in [0, 0.1) is 16.2 Å². The van der Waals surface area contributed by atoms with E-state index in [0.29, 0.717) is 167 Å². The molecule has 29 nitrogen and oxygen atoms in total. The van der Waals surface area contributed by atoms with E-state index in [1.54, 1.807) is 244 Å². The normalized spacial score (nSPS) is 11.3. The van der Waals surface area contributed by atoms with Crippen LogP contribution in [-0.4, -0.2) is 148 Å². The molecule has 0 spiro atoms. The fourth-order valence-electron chi connectivity index (χ4n) is 11.1. The smallest absolute Gasteiger partial charge is 0.258 e. The topological polar surface area (TPSA) is 436 Å². The molecule has 124 heavy (non-hydrogen) atoms. The highest BCUT2D eigenvalue weighted by molar-refractivity contribution is 9.11. The number of nitrogens with two attached hydrogens (primary N) is 2.